The second-order valence-corrected chi connectivity index (χ2v) is 6.51. The molecule has 2 fully saturated rings. The summed E-state index contributed by atoms with van der Waals surface area (Å²) in [6.07, 6.45) is 9.96. The lowest BCUT2D eigenvalue weighted by molar-refractivity contribution is 0.0217. The number of hydrogen-bond acceptors (Lipinski definition) is 2. The normalized spacial score (nSPS) is 32.5. The van der Waals surface area contributed by atoms with Crippen LogP contribution in [-0.2, 0) is 0 Å². The molecule has 100 valence electrons. The zero-order valence-electron chi connectivity index (χ0n) is 11.7. The summed E-state index contributed by atoms with van der Waals surface area (Å²) in [6, 6.07) is 1.51. The van der Waals surface area contributed by atoms with Crippen molar-refractivity contribution in [1.29, 1.82) is 0 Å². The Bertz CT molecular complexity index is 225. The van der Waals surface area contributed by atoms with Crippen molar-refractivity contribution >= 4 is 0 Å². The highest BCUT2D eigenvalue weighted by atomic mass is 15.2. The quantitative estimate of drug-likeness (QED) is 0.816. The summed E-state index contributed by atoms with van der Waals surface area (Å²) in [5.74, 6) is 1.76. The van der Waals surface area contributed by atoms with E-state index < -0.39 is 0 Å². The molecule has 1 heterocycles. The Morgan fingerprint density at radius 1 is 1.12 bits per heavy atom. The molecule has 2 N–H and O–H groups in total. The molecular formula is C15H30N2. The number of likely N-dealkylation sites (tertiary alicyclic amines) is 1. The van der Waals surface area contributed by atoms with Gasteiger partial charge in [0.15, 0.2) is 0 Å². The summed E-state index contributed by atoms with van der Waals surface area (Å²) in [4.78, 5) is 2.79. The maximum absolute atomic E-state index is 6.03. The van der Waals surface area contributed by atoms with Crippen LogP contribution in [0.2, 0.25) is 0 Å². The zero-order valence-corrected chi connectivity index (χ0v) is 11.7. The molecule has 1 saturated heterocycles. The van der Waals surface area contributed by atoms with E-state index in [1.165, 1.54) is 51.5 Å². The standard InChI is InChI=1S/C15H30N2/c1-12(2)10-14(11-16)17-9-5-7-13-6-3-4-8-15(13)17/h12-15H,3-11,16H2,1-2H3/t13-,14?,15-/m1/s1. The van der Waals surface area contributed by atoms with E-state index in [1.807, 2.05) is 0 Å². The molecule has 0 aromatic rings. The second kappa shape index (κ2) is 6.19. The van der Waals surface area contributed by atoms with Crippen LogP contribution >= 0.6 is 0 Å². The molecule has 0 bridgehead atoms. The molecular weight excluding hydrogens is 208 g/mol. The van der Waals surface area contributed by atoms with E-state index in [0.717, 1.165) is 24.4 Å². The summed E-state index contributed by atoms with van der Waals surface area (Å²) in [6.45, 7) is 6.80. The van der Waals surface area contributed by atoms with E-state index in [9.17, 15) is 0 Å². The molecule has 1 saturated carbocycles. The first kappa shape index (κ1) is 13.4. The van der Waals surface area contributed by atoms with Crippen molar-refractivity contribution in [2.45, 2.75) is 70.9 Å². The molecule has 0 amide bonds. The molecule has 1 aliphatic heterocycles. The van der Waals surface area contributed by atoms with Gasteiger partial charge in [0.05, 0.1) is 0 Å². The van der Waals surface area contributed by atoms with Crippen molar-refractivity contribution in [3.8, 4) is 0 Å². The third-order valence-electron chi connectivity index (χ3n) is 4.77. The molecule has 1 aliphatic carbocycles. The van der Waals surface area contributed by atoms with Gasteiger partial charge in [-0.2, -0.15) is 0 Å². The van der Waals surface area contributed by atoms with E-state index in [1.54, 1.807) is 0 Å². The number of nitrogens with two attached hydrogens (primary N) is 1. The summed E-state index contributed by atoms with van der Waals surface area (Å²) < 4.78 is 0. The molecule has 0 aromatic carbocycles. The van der Waals surface area contributed by atoms with Crippen molar-refractivity contribution in [1.82, 2.24) is 4.90 Å². The van der Waals surface area contributed by atoms with Crippen LogP contribution in [0, 0.1) is 11.8 Å². The van der Waals surface area contributed by atoms with Crippen molar-refractivity contribution in [2.24, 2.45) is 17.6 Å². The Morgan fingerprint density at radius 2 is 1.82 bits per heavy atom. The van der Waals surface area contributed by atoms with Gasteiger partial charge in [0, 0.05) is 18.6 Å². The van der Waals surface area contributed by atoms with Crippen molar-refractivity contribution in [3.05, 3.63) is 0 Å². The van der Waals surface area contributed by atoms with Crippen LogP contribution in [0.15, 0.2) is 0 Å². The van der Waals surface area contributed by atoms with Gasteiger partial charge in [0.25, 0.3) is 0 Å². The summed E-state index contributed by atoms with van der Waals surface area (Å²) in [5.41, 5.74) is 6.03. The second-order valence-electron chi connectivity index (χ2n) is 6.51. The zero-order chi connectivity index (χ0) is 12.3. The lowest BCUT2D eigenvalue weighted by Gasteiger charge is -2.48. The van der Waals surface area contributed by atoms with Gasteiger partial charge >= 0.3 is 0 Å². The first-order valence-corrected chi connectivity index (χ1v) is 7.68. The van der Waals surface area contributed by atoms with Crippen molar-refractivity contribution < 1.29 is 0 Å². The highest BCUT2D eigenvalue weighted by Gasteiger charge is 2.36. The Morgan fingerprint density at radius 3 is 2.53 bits per heavy atom. The van der Waals surface area contributed by atoms with Gasteiger partial charge in [-0.15, -0.1) is 0 Å². The highest BCUT2D eigenvalue weighted by Crippen LogP contribution is 2.36. The smallest absolute Gasteiger partial charge is 0.0223 e. The summed E-state index contributed by atoms with van der Waals surface area (Å²) >= 11 is 0. The van der Waals surface area contributed by atoms with E-state index in [4.69, 9.17) is 5.73 Å². The van der Waals surface area contributed by atoms with Crippen LogP contribution in [0.5, 0.6) is 0 Å². The van der Waals surface area contributed by atoms with Crippen LogP contribution in [-0.4, -0.2) is 30.1 Å². The van der Waals surface area contributed by atoms with Gasteiger partial charge in [0.2, 0.25) is 0 Å². The van der Waals surface area contributed by atoms with E-state index in [0.29, 0.717) is 6.04 Å². The highest BCUT2D eigenvalue weighted by molar-refractivity contribution is 4.91. The average Bonchev–Trinajstić information content (AvgIpc) is 2.35. The molecule has 0 radical (unpaired) electrons. The van der Waals surface area contributed by atoms with Crippen LogP contribution in [0.3, 0.4) is 0 Å². The topological polar surface area (TPSA) is 29.3 Å². The minimum Gasteiger partial charge on any atom is -0.329 e. The molecule has 1 unspecified atom stereocenters. The van der Waals surface area contributed by atoms with Gasteiger partial charge in [-0.3, -0.25) is 4.90 Å². The molecule has 2 aliphatic rings. The first-order chi connectivity index (χ1) is 8.22. The molecule has 2 nitrogen and oxygen atoms in total. The lowest BCUT2D eigenvalue weighted by atomic mass is 9.77. The van der Waals surface area contributed by atoms with E-state index in [-0.39, 0.29) is 0 Å². The third kappa shape index (κ3) is 3.23. The molecule has 2 heteroatoms. The van der Waals surface area contributed by atoms with Crippen LogP contribution in [0.1, 0.15) is 58.8 Å². The average molecular weight is 238 g/mol. The monoisotopic (exact) mass is 238 g/mol. The summed E-state index contributed by atoms with van der Waals surface area (Å²) in [5, 5.41) is 0. The van der Waals surface area contributed by atoms with Crippen LogP contribution in [0.4, 0.5) is 0 Å². The van der Waals surface area contributed by atoms with Gasteiger partial charge in [-0.25, -0.2) is 0 Å². The lowest BCUT2D eigenvalue weighted by Crippen LogP contribution is -2.54. The van der Waals surface area contributed by atoms with Gasteiger partial charge < -0.3 is 5.73 Å². The van der Waals surface area contributed by atoms with E-state index >= 15 is 0 Å². The third-order valence-corrected chi connectivity index (χ3v) is 4.77. The summed E-state index contributed by atoms with van der Waals surface area (Å²) in [7, 11) is 0. The minimum absolute atomic E-state index is 0.640. The van der Waals surface area contributed by atoms with Crippen LogP contribution < -0.4 is 5.73 Å². The van der Waals surface area contributed by atoms with Crippen molar-refractivity contribution in [2.75, 3.05) is 13.1 Å². The Kier molecular flexibility index (Phi) is 4.87. The largest absolute Gasteiger partial charge is 0.329 e. The minimum atomic E-state index is 0.640. The van der Waals surface area contributed by atoms with Crippen LogP contribution in [0.25, 0.3) is 0 Å². The SMILES string of the molecule is CC(C)CC(CN)N1CCC[C@H]2CCCC[C@H]21. The number of nitrogens with zero attached hydrogens (tertiary/aromatic N) is 1. The maximum atomic E-state index is 6.03. The predicted molar refractivity (Wildman–Crippen MR) is 74.0 cm³/mol. The van der Waals surface area contributed by atoms with E-state index in [2.05, 4.69) is 18.7 Å². The fourth-order valence-electron chi connectivity index (χ4n) is 4.03. The Labute approximate surface area is 107 Å². The number of piperidine rings is 1. The maximum Gasteiger partial charge on any atom is 0.0223 e. The number of fused-ring (bicyclic) bond motifs is 1. The molecule has 2 rings (SSSR count). The molecule has 0 aromatic heterocycles. The van der Waals surface area contributed by atoms with Gasteiger partial charge in [-0.05, 0) is 50.5 Å². The Hall–Kier alpha value is -0.0800. The predicted octanol–water partition coefficient (Wildman–Crippen LogP) is 3.01. The fourth-order valence-corrected chi connectivity index (χ4v) is 4.03. The van der Waals surface area contributed by atoms with Gasteiger partial charge in [0.1, 0.15) is 0 Å². The Balaban J connectivity index is 2.00. The number of rotatable bonds is 4. The van der Waals surface area contributed by atoms with Crippen molar-refractivity contribution in [3.63, 3.8) is 0 Å². The first-order valence-electron chi connectivity index (χ1n) is 7.68. The molecule has 17 heavy (non-hydrogen) atoms. The molecule has 0 spiro atoms. The fraction of sp³-hybridized carbons (Fsp3) is 1.00. The van der Waals surface area contributed by atoms with Gasteiger partial charge in [-0.1, -0.05) is 26.7 Å². The number of hydrogen-bond donors (Lipinski definition) is 1. The molecule has 3 atom stereocenters.